The molecule has 2 N–H and O–H groups in total. The number of nitrogen functional groups attached to an aromatic ring is 1. The molecule has 0 bridgehead atoms. The third kappa shape index (κ3) is 2.30. The van der Waals surface area contributed by atoms with Crippen LogP contribution in [0.3, 0.4) is 0 Å². The van der Waals surface area contributed by atoms with Crippen molar-refractivity contribution in [1.82, 2.24) is 20.5 Å². The molecule has 0 unspecified atom stereocenters. The quantitative estimate of drug-likeness (QED) is 0.759. The van der Waals surface area contributed by atoms with E-state index in [1.54, 1.807) is 0 Å². The summed E-state index contributed by atoms with van der Waals surface area (Å²) < 4.78 is 9.58. The van der Waals surface area contributed by atoms with Crippen LogP contribution in [0, 0.1) is 6.92 Å². The molecule has 0 amide bonds. The van der Waals surface area contributed by atoms with Crippen LogP contribution in [-0.2, 0) is 6.42 Å². The molecule has 0 fully saturated rings. The van der Waals surface area contributed by atoms with E-state index >= 15 is 0 Å². The molecule has 0 spiro atoms. The maximum absolute atomic E-state index is 5.56. The van der Waals surface area contributed by atoms with E-state index in [2.05, 4.69) is 31.1 Å². The van der Waals surface area contributed by atoms with Gasteiger partial charge in [-0.3, -0.25) is 0 Å². The minimum absolute atomic E-state index is 0.130. The van der Waals surface area contributed by atoms with Gasteiger partial charge in [-0.2, -0.15) is 4.98 Å². The molecule has 2 heterocycles. The molecule has 96 valence electrons. The second-order valence-electron chi connectivity index (χ2n) is 4.18. The van der Waals surface area contributed by atoms with Gasteiger partial charge in [0.15, 0.2) is 5.82 Å². The van der Waals surface area contributed by atoms with E-state index in [0.29, 0.717) is 12.2 Å². The normalized spacial score (nSPS) is 10.8. The van der Waals surface area contributed by atoms with Crippen molar-refractivity contribution in [1.29, 1.82) is 0 Å². The summed E-state index contributed by atoms with van der Waals surface area (Å²) >= 11 is 0. The lowest BCUT2D eigenvalue weighted by atomic mass is 10.1. The fourth-order valence-electron chi connectivity index (χ4n) is 1.77. The minimum atomic E-state index is 0.130. The Morgan fingerprint density at radius 1 is 1.21 bits per heavy atom. The van der Waals surface area contributed by atoms with Crippen LogP contribution in [0.2, 0.25) is 0 Å². The summed E-state index contributed by atoms with van der Waals surface area (Å²) in [6.45, 7) is 2.03. The SMILES string of the molecule is Cc1cccc(Cc2noc(-c3nonc3N)n2)c1. The molecule has 3 aromatic rings. The molecule has 0 saturated carbocycles. The minimum Gasteiger partial charge on any atom is -0.379 e. The predicted molar refractivity (Wildman–Crippen MR) is 66.0 cm³/mol. The van der Waals surface area contributed by atoms with E-state index in [0.717, 1.165) is 5.56 Å². The Bertz CT molecular complexity index is 703. The van der Waals surface area contributed by atoms with Gasteiger partial charge in [-0.05, 0) is 22.8 Å². The van der Waals surface area contributed by atoms with Crippen molar-refractivity contribution in [2.45, 2.75) is 13.3 Å². The Morgan fingerprint density at radius 2 is 2.11 bits per heavy atom. The van der Waals surface area contributed by atoms with Crippen molar-refractivity contribution in [2.75, 3.05) is 5.73 Å². The average Bonchev–Trinajstić information content (AvgIpc) is 2.98. The summed E-state index contributed by atoms with van der Waals surface area (Å²) in [6.07, 6.45) is 0.580. The van der Waals surface area contributed by atoms with Crippen LogP contribution in [0.5, 0.6) is 0 Å². The first kappa shape index (κ1) is 11.4. The fourth-order valence-corrected chi connectivity index (χ4v) is 1.77. The fraction of sp³-hybridized carbons (Fsp3) is 0.167. The summed E-state index contributed by atoms with van der Waals surface area (Å²) in [5.41, 5.74) is 8.12. The molecule has 0 radical (unpaired) electrons. The summed E-state index contributed by atoms with van der Waals surface area (Å²) in [5.74, 6) is 0.898. The van der Waals surface area contributed by atoms with E-state index < -0.39 is 0 Å². The highest BCUT2D eigenvalue weighted by molar-refractivity contribution is 5.60. The molecule has 0 saturated heterocycles. The van der Waals surface area contributed by atoms with Crippen molar-refractivity contribution < 1.29 is 9.15 Å². The average molecular weight is 257 g/mol. The second kappa shape index (κ2) is 4.52. The van der Waals surface area contributed by atoms with E-state index in [4.69, 9.17) is 10.3 Å². The zero-order valence-corrected chi connectivity index (χ0v) is 10.2. The number of aryl methyl sites for hydroxylation is 1. The molecule has 2 aromatic heterocycles. The van der Waals surface area contributed by atoms with Crippen molar-refractivity contribution in [3.05, 3.63) is 41.2 Å². The number of nitrogens with two attached hydrogens (primary N) is 1. The van der Waals surface area contributed by atoms with E-state index in [9.17, 15) is 0 Å². The molecular weight excluding hydrogens is 246 g/mol. The van der Waals surface area contributed by atoms with Gasteiger partial charge in [-0.25, -0.2) is 4.63 Å². The van der Waals surface area contributed by atoms with Crippen molar-refractivity contribution in [3.63, 3.8) is 0 Å². The van der Waals surface area contributed by atoms with Gasteiger partial charge in [0.2, 0.25) is 11.5 Å². The molecule has 0 aliphatic heterocycles. The summed E-state index contributed by atoms with van der Waals surface area (Å²) in [5, 5.41) is 11.0. The highest BCUT2D eigenvalue weighted by Gasteiger charge is 2.17. The lowest BCUT2D eigenvalue weighted by Crippen LogP contribution is -1.92. The Balaban J connectivity index is 1.84. The van der Waals surface area contributed by atoms with E-state index in [1.165, 1.54) is 5.56 Å². The Morgan fingerprint density at radius 3 is 2.84 bits per heavy atom. The van der Waals surface area contributed by atoms with Crippen molar-refractivity contribution >= 4 is 5.82 Å². The molecule has 7 heteroatoms. The Labute approximate surface area is 108 Å². The predicted octanol–water partition coefficient (Wildman–Crippen LogP) is 1.60. The number of benzene rings is 1. The molecule has 1 aromatic carbocycles. The molecular formula is C12H11N5O2. The Kier molecular flexibility index (Phi) is 2.71. The molecule has 0 aliphatic carbocycles. The number of hydrogen-bond acceptors (Lipinski definition) is 7. The van der Waals surface area contributed by atoms with Crippen molar-refractivity contribution in [2.24, 2.45) is 0 Å². The topological polar surface area (TPSA) is 104 Å². The highest BCUT2D eigenvalue weighted by atomic mass is 16.6. The number of nitrogens with zero attached hydrogens (tertiary/aromatic N) is 4. The van der Waals surface area contributed by atoms with Gasteiger partial charge in [0.05, 0.1) is 0 Å². The van der Waals surface area contributed by atoms with Gasteiger partial charge < -0.3 is 10.3 Å². The molecule has 7 nitrogen and oxygen atoms in total. The third-order valence-electron chi connectivity index (χ3n) is 2.63. The van der Waals surface area contributed by atoms with Crippen LogP contribution < -0.4 is 5.73 Å². The summed E-state index contributed by atoms with van der Waals surface area (Å²) in [6, 6.07) is 8.11. The van der Waals surface area contributed by atoms with E-state index in [1.807, 2.05) is 25.1 Å². The van der Waals surface area contributed by atoms with Gasteiger partial charge >= 0.3 is 0 Å². The largest absolute Gasteiger partial charge is 0.379 e. The molecule has 3 rings (SSSR count). The Hall–Kier alpha value is -2.70. The van der Waals surface area contributed by atoms with Gasteiger partial charge in [0.25, 0.3) is 5.89 Å². The maximum atomic E-state index is 5.56. The van der Waals surface area contributed by atoms with Gasteiger partial charge in [0, 0.05) is 6.42 Å². The van der Waals surface area contributed by atoms with Crippen molar-refractivity contribution in [3.8, 4) is 11.6 Å². The summed E-state index contributed by atoms with van der Waals surface area (Å²) in [4.78, 5) is 4.22. The van der Waals surface area contributed by atoms with Crippen LogP contribution in [-0.4, -0.2) is 20.5 Å². The van der Waals surface area contributed by atoms with Gasteiger partial charge in [0.1, 0.15) is 0 Å². The van der Waals surface area contributed by atoms with Crippen LogP contribution in [0.4, 0.5) is 5.82 Å². The molecule has 0 aliphatic rings. The maximum Gasteiger partial charge on any atom is 0.284 e. The third-order valence-corrected chi connectivity index (χ3v) is 2.63. The standard InChI is InChI=1S/C12H11N5O2/c1-7-3-2-4-8(5-7)6-9-14-12(18-15-9)10-11(13)17-19-16-10/h2-5H,6H2,1H3,(H2,13,17). The van der Waals surface area contributed by atoms with Crippen LogP contribution in [0.25, 0.3) is 11.6 Å². The van der Waals surface area contributed by atoms with Crippen LogP contribution >= 0.6 is 0 Å². The first-order valence-corrected chi connectivity index (χ1v) is 5.69. The monoisotopic (exact) mass is 257 g/mol. The number of aromatic nitrogens is 4. The number of hydrogen-bond donors (Lipinski definition) is 1. The van der Waals surface area contributed by atoms with Crippen LogP contribution in [0.15, 0.2) is 33.4 Å². The van der Waals surface area contributed by atoms with Gasteiger partial charge in [-0.15, -0.1) is 0 Å². The smallest absolute Gasteiger partial charge is 0.284 e. The number of rotatable bonds is 3. The summed E-state index contributed by atoms with van der Waals surface area (Å²) in [7, 11) is 0. The van der Waals surface area contributed by atoms with E-state index in [-0.39, 0.29) is 17.4 Å². The molecule has 19 heavy (non-hydrogen) atoms. The second-order valence-corrected chi connectivity index (χ2v) is 4.18. The van der Waals surface area contributed by atoms with Gasteiger partial charge in [-0.1, -0.05) is 35.0 Å². The lowest BCUT2D eigenvalue weighted by Gasteiger charge is -1.97. The first-order chi connectivity index (χ1) is 9.22. The number of anilines is 1. The highest BCUT2D eigenvalue weighted by Crippen LogP contribution is 2.20. The molecule has 0 atom stereocenters. The lowest BCUT2D eigenvalue weighted by molar-refractivity contribution is 0.308. The van der Waals surface area contributed by atoms with Crippen LogP contribution in [0.1, 0.15) is 17.0 Å². The zero-order chi connectivity index (χ0) is 13.2. The first-order valence-electron chi connectivity index (χ1n) is 5.69. The zero-order valence-electron chi connectivity index (χ0n) is 10.2.